The zero-order valence-corrected chi connectivity index (χ0v) is 17.5. The van der Waals surface area contributed by atoms with E-state index < -0.39 is 29.5 Å². The Hall–Kier alpha value is -3.39. The lowest BCUT2D eigenvalue weighted by molar-refractivity contribution is -0.133. The molecule has 31 heavy (non-hydrogen) atoms. The molecular weight excluding hydrogens is 420 g/mol. The second-order valence-electron chi connectivity index (χ2n) is 7.18. The number of hydrogen-bond donors (Lipinski definition) is 0. The highest BCUT2D eigenvalue weighted by Gasteiger charge is 2.35. The molecule has 0 unspecified atom stereocenters. The highest BCUT2D eigenvalue weighted by Crippen LogP contribution is 2.35. The highest BCUT2D eigenvalue weighted by molar-refractivity contribution is 7.12. The molecule has 2 heterocycles. The molecule has 4 rings (SSSR count). The molecule has 0 saturated heterocycles. The Morgan fingerprint density at radius 1 is 1.13 bits per heavy atom. The topological polar surface area (TPSA) is 53.0 Å². The molecule has 1 aliphatic heterocycles. The first-order chi connectivity index (χ1) is 14.9. The van der Waals surface area contributed by atoms with Gasteiger partial charge >= 0.3 is 0 Å². The third-order valence-electron chi connectivity index (χ3n) is 5.03. The number of hydrogen-bond acceptors (Lipinski definition) is 4. The fraction of sp³-hybridized carbons (Fsp3) is 0.174. The molecule has 0 fully saturated rings. The van der Waals surface area contributed by atoms with E-state index in [9.17, 15) is 18.4 Å². The van der Waals surface area contributed by atoms with Crippen LogP contribution in [0.3, 0.4) is 0 Å². The summed E-state index contributed by atoms with van der Waals surface area (Å²) < 4.78 is 28.0. The minimum Gasteiger partial charge on any atom is -0.332 e. The summed E-state index contributed by atoms with van der Waals surface area (Å²) in [6.07, 6.45) is 0.370. The van der Waals surface area contributed by atoms with Gasteiger partial charge in [-0.2, -0.15) is 5.10 Å². The molecule has 2 aromatic carbocycles. The van der Waals surface area contributed by atoms with Gasteiger partial charge in [0.2, 0.25) is 0 Å². The van der Waals surface area contributed by atoms with Crippen LogP contribution in [0.15, 0.2) is 71.1 Å². The van der Waals surface area contributed by atoms with Gasteiger partial charge in [0, 0.05) is 24.6 Å². The number of carbonyl (C=O) groups excluding carboxylic acids is 2. The first-order valence-corrected chi connectivity index (χ1v) is 10.5. The van der Waals surface area contributed by atoms with Crippen molar-refractivity contribution in [2.75, 3.05) is 13.6 Å². The van der Waals surface area contributed by atoms with Gasteiger partial charge in [0.05, 0.1) is 16.6 Å². The predicted octanol–water partition coefficient (Wildman–Crippen LogP) is 4.48. The molecule has 1 aromatic heterocycles. The Kier molecular flexibility index (Phi) is 5.90. The fourth-order valence-electron chi connectivity index (χ4n) is 3.51. The molecule has 0 bridgehead atoms. The SMILES string of the molecule is CN(CC(=O)N1N=C(c2cccs2)C[C@H]1c1ccccc1F)C(=O)c1cccc(F)c1. The van der Waals surface area contributed by atoms with Gasteiger partial charge in [-0.15, -0.1) is 11.3 Å². The van der Waals surface area contributed by atoms with Crippen molar-refractivity contribution in [1.82, 2.24) is 9.91 Å². The molecule has 0 aliphatic carbocycles. The molecule has 0 radical (unpaired) electrons. The van der Waals surface area contributed by atoms with Crippen molar-refractivity contribution in [3.8, 4) is 0 Å². The summed E-state index contributed by atoms with van der Waals surface area (Å²) in [5.41, 5.74) is 1.20. The maximum absolute atomic E-state index is 14.5. The molecule has 3 aromatic rings. The minimum absolute atomic E-state index is 0.144. The van der Waals surface area contributed by atoms with Crippen LogP contribution in [0.1, 0.15) is 33.3 Å². The number of amides is 2. The average Bonchev–Trinajstić information content (AvgIpc) is 3.43. The smallest absolute Gasteiger partial charge is 0.262 e. The van der Waals surface area contributed by atoms with Crippen LogP contribution in [0.4, 0.5) is 8.78 Å². The lowest BCUT2D eigenvalue weighted by Crippen LogP contribution is -2.39. The maximum Gasteiger partial charge on any atom is 0.262 e. The Morgan fingerprint density at radius 3 is 2.65 bits per heavy atom. The molecule has 8 heteroatoms. The molecule has 2 amide bonds. The summed E-state index contributed by atoms with van der Waals surface area (Å²) in [6.45, 7) is -0.276. The predicted molar refractivity (Wildman–Crippen MR) is 115 cm³/mol. The van der Waals surface area contributed by atoms with Crippen molar-refractivity contribution in [3.63, 3.8) is 0 Å². The lowest BCUT2D eigenvalue weighted by Gasteiger charge is -2.25. The molecule has 1 aliphatic rings. The second-order valence-corrected chi connectivity index (χ2v) is 8.12. The van der Waals surface area contributed by atoms with E-state index in [0.717, 1.165) is 10.9 Å². The van der Waals surface area contributed by atoms with Gasteiger partial charge in [0.1, 0.15) is 18.2 Å². The summed E-state index contributed by atoms with van der Waals surface area (Å²) in [5, 5.41) is 7.64. The molecular formula is C23H19F2N3O2S. The van der Waals surface area contributed by atoms with Crippen LogP contribution in [0, 0.1) is 11.6 Å². The van der Waals surface area contributed by atoms with E-state index in [1.165, 1.54) is 52.6 Å². The molecule has 0 N–H and O–H groups in total. The van der Waals surface area contributed by atoms with Crippen LogP contribution in [0.25, 0.3) is 0 Å². The first-order valence-electron chi connectivity index (χ1n) is 9.63. The molecule has 0 saturated carbocycles. The van der Waals surface area contributed by atoms with Crippen molar-refractivity contribution in [1.29, 1.82) is 0 Å². The fourth-order valence-corrected chi connectivity index (χ4v) is 4.23. The summed E-state index contributed by atoms with van der Waals surface area (Å²) in [5.74, 6) is -1.89. The van der Waals surface area contributed by atoms with Gasteiger partial charge in [-0.25, -0.2) is 13.8 Å². The van der Waals surface area contributed by atoms with Crippen LogP contribution in [0.5, 0.6) is 0 Å². The van der Waals surface area contributed by atoms with Crippen LogP contribution in [0.2, 0.25) is 0 Å². The van der Waals surface area contributed by atoms with E-state index in [4.69, 9.17) is 0 Å². The number of likely N-dealkylation sites (N-methyl/N-ethyl adjacent to an activating group) is 1. The number of carbonyl (C=O) groups is 2. The van der Waals surface area contributed by atoms with Crippen molar-refractivity contribution in [2.45, 2.75) is 12.5 Å². The van der Waals surface area contributed by atoms with Crippen molar-refractivity contribution >= 4 is 28.9 Å². The Bertz CT molecular complexity index is 1150. The number of nitrogens with zero attached hydrogens (tertiary/aromatic N) is 3. The number of halogens is 2. The molecule has 0 spiro atoms. The third kappa shape index (κ3) is 4.39. The number of benzene rings is 2. The number of hydrazone groups is 1. The van der Waals surface area contributed by atoms with Crippen LogP contribution >= 0.6 is 11.3 Å². The molecule has 158 valence electrons. The zero-order chi connectivity index (χ0) is 22.0. The summed E-state index contributed by atoms with van der Waals surface area (Å²) in [4.78, 5) is 27.8. The largest absolute Gasteiger partial charge is 0.332 e. The van der Waals surface area contributed by atoms with Crippen LogP contribution < -0.4 is 0 Å². The zero-order valence-electron chi connectivity index (χ0n) is 16.7. The monoisotopic (exact) mass is 439 g/mol. The molecule has 1 atom stereocenters. The highest BCUT2D eigenvalue weighted by atomic mass is 32.1. The normalized spacial score (nSPS) is 15.6. The van der Waals surface area contributed by atoms with E-state index in [0.29, 0.717) is 17.7 Å². The summed E-state index contributed by atoms with van der Waals surface area (Å²) in [7, 11) is 1.46. The van der Waals surface area contributed by atoms with Gasteiger partial charge < -0.3 is 4.90 Å². The maximum atomic E-state index is 14.5. The van der Waals surface area contributed by atoms with Crippen molar-refractivity contribution in [3.05, 3.63) is 93.7 Å². The van der Waals surface area contributed by atoms with E-state index in [2.05, 4.69) is 5.10 Å². The standard InChI is InChI=1S/C23H19F2N3O2S/c1-27(23(30)15-6-4-7-16(24)12-15)14-22(29)28-20(17-8-2-3-9-18(17)25)13-19(26-28)21-10-5-11-31-21/h2-12,20H,13-14H2,1H3/t20-/m0/s1. The van der Waals surface area contributed by atoms with E-state index in [1.807, 2.05) is 17.5 Å². The van der Waals surface area contributed by atoms with Crippen LogP contribution in [-0.2, 0) is 4.79 Å². The summed E-state index contributed by atoms with van der Waals surface area (Å²) >= 11 is 1.49. The first kappa shape index (κ1) is 20.9. The number of rotatable bonds is 5. The Labute approximate surface area is 182 Å². The average molecular weight is 439 g/mol. The van der Waals surface area contributed by atoms with E-state index in [-0.39, 0.29) is 12.1 Å². The summed E-state index contributed by atoms with van der Waals surface area (Å²) in [6, 6.07) is 14.7. The molecule has 5 nitrogen and oxygen atoms in total. The quantitative estimate of drug-likeness (QED) is 0.589. The van der Waals surface area contributed by atoms with E-state index >= 15 is 0 Å². The van der Waals surface area contributed by atoms with E-state index in [1.54, 1.807) is 18.2 Å². The van der Waals surface area contributed by atoms with Gasteiger partial charge in [0.15, 0.2) is 0 Å². The van der Waals surface area contributed by atoms with Crippen molar-refractivity contribution < 1.29 is 18.4 Å². The number of thiophene rings is 1. The van der Waals surface area contributed by atoms with Gasteiger partial charge in [-0.05, 0) is 35.7 Å². The lowest BCUT2D eigenvalue weighted by atomic mass is 10.0. The Balaban J connectivity index is 1.58. The second kappa shape index (κ2) is 8.77. The van der Waals surface area contributed by atoms with Crippen molar-refractivity contribution in [2.24, 2.45) is 5.10 Å². The van der Waals surface area contributed by atoms with Gasteiger partial charge in [0.25, 0.3) is 11.8 Å². The van der Waals surface area contributed by atoms with Crippen LogP contribution in [-0.4, -0.2) is 41.0 Å². The third-order valence-corrected chi connectivity index (χ3v) is 5.95. The Morgan fingerprint density at radius 2 is 1.94 bits per heavy atom. The minimum atomic E-state index is -0.608. The van der Waals surface area contributed by atoms with Gasteiger partial charge in [-0.3, -0.25) is 9.59 Å². The van der Waals surface area contributed by atoms with Gasteiger partial charge in [-0.1, -0.05) is 30.3 Å².